The maximum atomic E-state index is 4.05. The number of hydrogen-bond acceptors (Lipinski definition) is 5. The molecule has 2 aromatic rings. The maximum absolute atomic E-state index is 4.05. The van der Waals surface area contributed by atoms with Crippen molar-refractivity contribution in [2.75, 3.05) is 6.54 Å². The monoisotopic (exact) mass is 265 g/mol. The van der Waals surface area contributed by atoms with Gasteiger partial charge in [0, 0.05) is 6.54 Å². The molecule has 0 aliphatic rings. The third-order valence-corrected chi connectivity index (χ3v) is 3.37. The molecule has 0 atom stereocenters. The Bertz CT molecular complexity index is 449. The summed E-state index contributed by atoms with van der Waals surface area (Å²) in [7, 11) is 0. The maximum Gasteiger partial charge on any atom is 0.165 e. The standard InChI is InChI=1S/C12H19N5S/c1-10(2)7-13-8-12-14-15-16-17(12)5-3-11-4-6-18-9-11/h4,6,9-10,13H,3,5,7-8H2,1-2H3. The fraction of sp³-hybridized carbons (Fsp3) is 0.583. The van der Waals surface area contributed by atoms with Gasteiger partial charge in [-0.15, -0.1) is 5.10 Å². The van der Waals surface area contributed by atoms with Gasteiger partial charge in [-0.1, -0.05) is 13.8 Å². The molecule has 0 unspecified atom stereocenters. The van der Waals surface area contributed by atoms with E-state index in [2.05, 4.69) is 51.5 Å². The summed E-state index contributed by atoms with van der Waals surface area (Å²) in [6, 6.07) is 2.14. The Hall–Kier alpha value is -1.27. The molecule has 0 aliphatic carbocycles. The van der Waals surface area contributed by atoms with Crippen LogP contribution < -0.4 is 5.32 Å². The van der Waals surface area contributed by atoms with Gasteiger partial charge in [-0.05, 0) is 51.7 Å². The molecule has 0 radical (unpaired) electrons. The zero-order chi connectivity index (χ0) is 12.8. The first-order chi connectivity index (χ1) is 8.75. The second-order valence-corrected chi connectivity index (χ2v) is 5.50. The van der Waals surface area contributed by atoms with Gasteiger partial charge in [0.05, 0.1) is 6.54 Å². The minimum absolute atomic E-state index is 0.639. The summed E-state index contributed by atoms with van der Waals surface area (Å²) >= 11 is 1.72. The van der Waals surface area contributed by atoms with Crippen LogP contribution in [0.1, 0.15) is 25.2 Å². The molecule has 2 aromatic heterocycles. The van der Waals surface area contributed by atoms with Crippen molar-refractivity contribution in [1.82, 2.24) is 25.5 Å². The highest BCUT2D eigenvalue weighted by atomic mass is 32.1. The van der Waals surface area contributed by atoms with Crippen molar-refractivity contribution in [1.29, 1.82) is 0 Å². The number of thiophene rings is 1. The molecule has 0 aromatic carbocycles. The Morgan fingerprint density at radius 2 is 2.33 bits per heavy atom. The van der Waals surface area contributed by atoms with Gasteiger partial charge in [-0.25, -0.2) is 4.68 Å². The van der Waals surface area contributed by atoms with E-state index in [9.17, 15) is 0 Å². The first-order valence-electron chi connectivity index (χ1n) is 6.22. The first-order valence-corrected chi connectivity index (χ1v) is 7.17. The lowest BCUT2D eigenvalue weighted by Gasteiger charge is -2.07. The Kier molecular flexibility index (Phi) is 4.83. The minimum Gasteiger partial charge on any atom is -0.310 e. The number of rotatable bonds is 7. The predicted octanol–water partition coefficient (Wildman–Crippen LogP) is 1.72. The third-order valence-electron chi connectivity index (χ3n) is 2.63. The van der Waals surface area contributed by atoms with E-state index >= 15 is 0 Å². The lowest BCUT2D eigenvalue weighted by atomic mass is 10.2. The van der Waals surface area contributed by atoms with Gasteiger partial charge in [0.1, 0.15) is 0 Å². The van der Waals surface area contributed by atoms with Gasteiger partial charge in [0.2, 0.25) is 0 Å². The normalized spacial score (nSPS) is 11.3. The highest BCUT2D eigenvalue weighted by molar-refractivity contribution is 7.07. The van der Waals surface area contributed by atoms with Crippen molar-refractivity contribution in [3.05, 3.63) is 28.2 Å². The fourth-order valence-corrected chi connectivity index (χ4v) is 2.37. The van der Waals surface area contributed by atoms with Crippen LogP contribution >= 0.6 is 11.3 Å². The van der Waals surface area contributed by atoms with Crippen molar-refractivity contribution < 1.29 is 0 Å². The lowest BCUT2D eigenvalue weighted by molar-refractivity contribution is 0.509. The van der Waals surface area contributed by atoms with E-state index in [1.807, 2.05) is 4.68 Å². The molecule has 2 rings (SSSR count). The zero-order valence-corrected chi connectivity index (χ0v) is 11.7. The van der Waals surface area contributed by atoms with Gasteiger partial charge in [-0.2, -0.15) is 11.3 Å². The third kappa shape index (κ3) is 3.89. The molecule has 0 spiro atoms. The quantitative estimate of drug-likeness (QED) is 0.828. The van der Waals surface area contributed by atoms with Gasteiger partial charge in [0.15, 0.2) is 5.82 Å². The molecule has 2 heterocycles. The summed E-state index contributed by atoms with van der Waals surface area (Å²) in [4.78, 5) is 0. The van der Waals surface area contributed by atoms with Crippen LogP contribution in [-0.2, 0) is 19.5 Å². The van der Waals surface area contributed by atoms with Crippen LogP contribution in [0.25, 0.3) is 0 Å². The van der Waals surface area contributed by atoms with Crippen molar-refractivity contribution in [2.24, 2.45) is 5.92 Å². The highest BCUT2D eigenvalue weighted by Gasteiger charge is 2.06. The summed E-state index contributed by atoms with van der Waals surface area (Å²) in [6.07, 6.45) is 0.978. The molecule has 6 heteroatoms. The fourth-order valence-electron chi connectivity index (χ4n) is 1.67. The Morgan fingerprint density at radius 1 is 1.44 bits per heavy atom. The summed E-state index contributed by atoms with van der Waals surface area (Å²) in [6.45, 7) is 6.92. The van der Waals surface area contributed by atoms with Gasteiger partial charge in [-0.3, -0.25) is 0 Å². The molecule has 98 valence electrons. The van der Waals surface area contributed by atoms with Crippen LogP contribution in [0.2, 0.25) is 0 Å². The number of nitrogens with one attached hydrogen (secondary N) is 1. The lowest BCUT2D eigenvalue weighted by Crippen LogP contribution is -2.22. The largest absolute Gasteiger partial charge is 0.310 e. The highest BCUT2D eigenvalue weighted by Crippen LogP contribution is 2.07. The van der Waals surface area contributed by atoms with E-state index in [1.54, 1.807) is 11.3 Å². The van der Waals surface area contributed by atoms with Crippen LogP contribution in [0.15, 0.2) is 16.8 Å². The summed E-state index contributed by atoms with van der Waals surface area (Å²) in [5, 5.41) is 19.5. The second-order valence-electron chi connectivity index (χ2n) is 4.72. The van der Waals surface area contributed by atoms with E-state index < -0.39 is 0 Å². The summed E-state index contributed by atoms with van der Waals surface area (Å²) in [5.41, 5.74) is 1.34. The molecule has 0 fully saturated rings. The average molecular weight is 265 g/mol. The average Bonchev–Trinajstić information content (AvgIpc) is 2.96. The number of hydrogen-bond donors (Lipinski definition) is 1. The summed E-state index contributed by atoms with van der Waals surface area (Å²) < 4.78 is 1.88. The zero-order valence-electron chi connectivity index (χ0n) is 10.8. The van der Waals surface area contributed by atoms with E-state index in [0.717, 1.165) is 31.9 Å². The molecule has 0 amide bonds. The van der Waals surface area contributed by atoms with E-state index in [4.69, 9.17) is 0 Å². The summed E-state index contributed by atoms with van der Waals surface area (Å²) in [5.74, 6) is 1.55. The van der Waals surface area contributed by atoms with Crippen LogP contribution in [0, 0.1) is 5.92 Å². The van der Waals surface area contributed by atoms with Crippen LogP contribution in [0.3, 0.4) is 0 Å². The van der Waals surface area contributed by atoms with Gasteiger partial charge in [0.25, 0.3) is 0 Å². The van der Waals surface area contributed by atoms with Crippen LogP contribution in [0.5, 0.6) is 0 Å². The molecule has 0 aliphatic heterocycles. The second kappa shape index (κ2) is 6.61. The molecular formula is C12H19N5S. The van der Waals surface area contributed by atoms with Crippen molar-refractivity contribution >= 4 is 11.3 Å². The molecule has 0 bridgehead atoms. The van der Waals surface area contributed by atoms with Crippen molar-refractivity contribution in [2.45, 2.75) is 33.4 Å². The van der Waals surface area contributed by atoms with E-state index in [0.29, 0.717) is 5.92 Å². The topological polar surface area (TPSA) is 55.6 Å². The molecule has 18 heavy (non-hydrogen) atoms. The van der Waals surface area contributed by atoms with E-state index in [1.165, 1.54) is 5.56 Å². The molecule has 1 N–H and O–H groups in total. The first kappa shape index (κ1) is 13.2. The number of aryl methyl sites for hydroxylation is 2. The van der Waals surface area contributed by atoms with Gasteiger partial charge < -0.3 is 5.32 Å². The Morgan fingerprint density at radius 3 is 3.06 bits per heavy atom. The minimum atomic E-state index is 0.639. The van der Waals surface area contributed by atoms with Crippen LogP contribution in [-0.4, -0.2) is 26.8 Å². The Labute approximate surface area is 111 Å². The molecule has 0 saturated heterocycles. The molecule has 5 nitrogen and oxygen atoms in total. The molecule has 0 saturated carbocycles. The molecular weight excluding hydrogens is 246 g/mol. The number of aromatic nitrogens is 4. The van der Waals surface area contributed by atoms with Crippen molar-refractivity contribution in [3.63, 3.8) is 0 Å². The smallest absolute Gasteiger partial charge is 0.165 e. The van der Waals surface area contributed by atoms with Gasteiger partial charge >= 0.3 is 0 Å². The predicted molar refractivity (Wildman–Crippen MR) is 72.4 cm³/mol. The SMILES string of the molecule is CC(C)CNCc1nnnn1CCc1ccsc1. The van der Waals surface area contributed by atoms with Crippen molar-refractivity contribution in [3.8, 4) is 0 Å². The van der Waals surface area contributed by atoms with Crippen LogP contribution in [0.4, 0.5) is 0 Å². The number of nitrogens with zero attached hydrogens (tertiary/aromatic N) is 4. The Balaban J connectivity index is 1.83. The number of tetrazole rings is 1. The van der Waals surface area contributed by atoms with E-state index in [-0.39, 0.29) is 0 Å².